The SMILES string of the molecule is C=CC(C)(C)c1c(O)c(C=CC(=O)O)c(O)c2c1OC(C)(C)CC2=O. The minimum atomic E-state index is -1.25. The number of benzene rings is 1. The highest BCUT2D eigenvalue weighted by Crippen LogP contribution is 2.52. The van der Waals surface area contributed by atoms with Gasteiger partial charge in [0.15, 0.2) is 5.78 Å². The molecule has 0 saturated heterocycles. The van der Waals surface area contributed by atoms with Crippen molar-refractivity contribution >= 4 is 17.8 Å². The molecule has 3 N–H and O–H groups in total. The molecule has 0 fully saturated rings. The van der Waals surface area contributed by atoms with Crippen LogP contribution in [0.25, 0.3) is 6.08 Å². The summed E-state index contributed by atoms with van der Waals surface area (Å²) in [6.07, 6.45) is 3.47. The second-order valence-corrected chi connectivity index (χ2v) is 7.25. The molecule has 0 aromatic heterocycles. The van der Waals surface area contributed by atoms with Crippen molar-refractivity contribution in [3.05, 3.63) is 35.4 Å². The normalized spacial score (nSPS) is 16.4. The number of Topliss-reactive ketones (excluding diaryl/α,β-unsaturated/α-hetero) is 1. The maximum absolute atomic E-state index is 12.6. The molecule has 25 heavy (non-hydrogen) atoms. The fraction of sp³-hybridized carbons (Fsp3) is 0.368. The number of aliphatic carboxylic acids is 1. The van der Waals surface area contributed by atoms with Crippen LogP contribution in [-0.2, 0) is 10.2 Å². The van der Waals surface area contributed by atoms with Crippen molar-refractivity contribution in [2.45, 2.75) is 45.1 Å². The first-order chi connectivity index (χ1) is 11.4. The Labute approximate surface area is 146 Å². The molecule has 1 heterocycles. The van der Waals surface area contributed by atoms with Gasteiger partial charge in [-0.05, 0) is 19.9 Å². The first-order valence-electron chi connectivity index (χ1n) is 7.80. The summed E-state index contributed by atoms with van der Waals surface area (Å²) in [6, 6.07) is 0. The second kappa shape index (κ2) is 5.95. The molecule has 0 spiro atoms. The number of aromatic hydroxyl groups is 2. The van der Waals surface area contributed by atoms with Gasteiger partial charge in [0.25, 0.3) is 0 Å². The molecule has 1 aromatic carbocycles. The van der Waals surface area contributed by atoms with Gasteiger partial charge in [0.2, 0.25) is 0 Å². The Kier molecular flexibility index (Phi) is 4.42. The molecule has 6 heteroatoms. The van der Waals surface area contributed by atoms with E-state index < -0.39 is 22.7 Å². The van der Waals surface area contributed by atoms with Crippen LogP contribution >= 0.6 is 0 Å². The Balaban J connectivity index is 2.93. The summed E-state index contributed by atoms with van der Waals surface area (Å²) in [5.74, 6) is -2.31. The van der Waals surface area contributed by atoms with Crippen LogP contribution in [-0.4, -0.2) is 32.7 Å². The second-order valence-electron chi connectivity index (χ2n) is 7.25. The number of hydrogen-bond acceptors (Lipinski definition) is 5. The van der Waals surface area contributed by atoms with Crippen LogP contribution in [0.4, 0.5) is 0 Å². The molecule has 2 rings (SSSR count). The van der Waals surface area contributed by atoms with E-state index in [1.165, 1.54) is 0 Å². The predicted octanol–water partition coefficient (Wildman–Crippen LogP) is 3.40. The molecular weight excluding hydrogens is 324 g/mol. The lowest BCUT2D eigenvalue weighted by atomic mass is 9.78. The number of ether oxygens (including phenoxy) is 1. The van der Waals surface area contributed by atoms with Crippen molar-refractivity contribution in [3.8, 4) is 17.2 Å². The highest BCUT2D eigenvalue weighted by molar-refractivity contribution is 6.05. The van der Waals surface area contributed by atoms with E-state index in [0.717, 1.165) is 12.2 Å². The number of hydrogen-bond donors (Lipinski definition) is 3. The summed E-state index contributed by atoms with van der Waals surface area (Å²) in [4.78, 5) is 23.4. The van der Waals surface area contributed by atoms with Gasteiger partial charge in [-0.2, -0.15) is 0 Å². The van der Waals surface area contributed by atoms with Crippen LogP contribution in [0, 0.1) is 0 Å². The quantitative estimate of drug-likeness (QED) is 0.570. The topological polar surface area (TPSA) is 104 Å². The predicted molar refractivity (Wildman–Crippen MR) is 93.3 cm³/mol. The summed E-state index contributed by atoms with van der Waals surface area (Å²) in [5.41, 5.74) is -1.49. The average molecular weight is 346 g/mol. The van der Waals surface area contributed by atoms with E-state index in [0.29, 0.717) is 0 Å². The number of phenolic OH excluding ortho intramolecular Hbond substituents is 2. The maximum atomic E-state index is 12.6. The van der Waals surface area contributed by atoms with E-state index in [2.05, 4.69) is 6.58 Å². The van der Waals surface area contributed by atoms with Crippen LogP contribution in [0.15, 0.2) is 18.7 Å². The number of phenols is 2. The van der Waals surface area contributed by atoms with Crippen molar-refractivity contribution in [2.24, 2.45) is 0 Å². The van der Waals surface area contributed by atoms with Crippen LogP contribution in [0.5, 0.6) is 17.2 Å². The first-order valence-corrected chi connectivity index (χ1v) is 7.80. The Hall–Kier alpha value is -2.76. The van der Waals surface area contributed by atoms with Crippen molar-refractivity contribution in [2.75, 3.05) is 0 Å². The van der Waals surface area contributed by atoms with E-state index in [9.17, 15) is 19.8 Å². The molecule has 6 nitrogen and oxygen atoms in total. The molecule has 1 aromatic rings. The van der Waals surface area contributed by atoms with E-state index in [1.807, 2.05) is 0 Å². The van der Waals surface area contributed by atoms with Gasteiger partial charge in [0.05, 0.1) is 12.0 Å². The van der Waals surface area contributed by atoms with Gasteiger partial charge in [-0.3, -0.25) is 4.79 Å². The summed E-state index contributed by atoms with van der Waals surface area (Å²) in [6.45, 7) is 10.8. The van der Waals surface area contributed by atoms with E-state index >= 15 is 0 Å². The zero-order valence-electron chi connectivity index (χ0n) is 14.7. The van der Waals surface area contributed by atoms with Gasteiger partial charge in [-0.25, -0.2) is 4.79 Å². The van der Waals surface area contributed by atoms with Gasteiger partial charge >= 0.3 is 5.97 Å². The smallest absolute Gasteiger partial charge is 0.328 e. The number of carboxylic acids is 1. The summed E-state index contributed by atoms with van der Waals surface area (Å²) in [7, 11) is 0. The van der Waals surface area contributed by atoms with E-state index in [1.54, 1.807) is 33.8 Å². The van der Waals surface area contributed by atoms with Gasteiger partial charge in [0, 0.05) is 17.1 Å². The third-order valence-electron chi connectivity index (χ3n) is 4.23. The van der Waals surface area contributed by atoms with E-state index in [4.69, 9.17) is 9.84 Å². The molecule has 0 atom stereocenters. The molecule has 0 unspecified atom stereocenters. The number of carbonyl (C=O) groups is 2. The average Bonchev–Trinajstić information content (AvgIpc) is 2.44. The Bertz CT molecular complexity index is 799. The number of rotatable bonds is 4. The van der Waals surface area contributed by atoms with Gasteiger partial charge in [-0.15, -0.1) is 6.58 Å². The lowest BCUT2D eigenvalue weighted by molar-refractivity contribution is -0.131. The minimum Gasteiger partial charge on any atom is -0.507 e. The molecule has 0 amide bonds. The number of carbonyl (C=O) groups excluding carboxylic acids is 1. The summed E-state index contributed by atoms with van der Waals surface area (Å²) < 4.78 is 5.92. The zero-order chi connectivity index (χ0) is 19.2. The van der Waals surface area contributed by atoms with Crippen LogP contribution in [0.2, 0.25) is 0 Å². The fourth-order valence-electron chi connectivity index (χ4n) is 2.88. The molecule has 1 aliphatic heterocycles. The summed E-state index contributed by atoms with van der Waals surface area (Å²) >= 11 is 0. The van der Waals surface area contributed by atoms with Gasteiger partial charge in [-0.1, -0.05) is 19.9 Å². The number of allylic oxidation sites excluding steroid dienone is 1. The molecule has 1 aliphatic rings. The highest BCUT2D eigenvalue weighted by Gasteiger charge is 2.41. The zero-order valence-corrected chi connectivity index (χ0v) is 14.7. The fourth-order valence-corrected chi connectivity index (χ4v) is 2.88. The molecule has 0 saturated carbocycles. The summed E-state index contributed by atoms with van der Waals surface area (Å²) in [5, 5.41) is 30.1. The van der Waals surface area contributed by atoms with E-state index in [-0.39, 0.29) is 40.4 Å². The third kappa shape index (κ3) is 3.24. The molecular formula is C19H22O6. The maximum Gasteiger partial charge on any atom is 0.328 e. The number of carboxylic acid groups (broad SMARTS) is 1. The van der Waals surface area contributed by atoms with Crippen LogP contribution < -0.4 is 4.74 Å². The minimum absolute atomic E-state index is 0.0490. The monoisotopic (exact) mass is 346 g/mol. The number of ketones is 1. The Morgan fingerprint density at radius 2 is 1.88 bits per heavy atom. The Morgan fingerprint density at radius 3 is 2.40 bits per heavy atom. The number of fused-ring (bicyclic) bond motifs is 1. The van der Waals surface area contributed by atoms with Crippen molar-refractivity contribution < 1.29 is 29.6 Å². The molecule has 0 aliphatic carbocycles. The third-order valence-corrected chi connectivity index (χ3v) is 4.23. The standard InChI is InChI=1S/C19H22O6/c1-6-18(2,3)14-16(24)10(7-8-12(21)22)15(23)13-11(20)9-19(4,5)25-17(13)14/h6-8,23-24H,1,9H2,2-5H3,(H,21,22). The van der Waals surface area contributed by atoms with Crippen molar-refractivity contribution in [1.82, 2.24) is 0 Å². The lowest BCUT2D eigenvalue weighted by Gasteiger charge is -2.36. The van der Waals surface area contributed by atoms with Crippen LogP contribution in [0.1, 0.15) is 55.6 Å². The largest absolute Gasteiger partial charge is 0.507 e. The van der Waals surface area contributed by atoms with Crippen molar-refractivity contribution in [1.29, 1.82) is 0 Å². The lowest BCUT2D eigenvalue weighted by Crippen LogP contribution is -2.37. The Morgan fingerprint density at radius 1 is 1.28 bits per heavy atom. The van der Waals surface area contributed by atoms with Gasteiger partial charge < -0.3 is 20.1 Å². The molecule has 134 valence electrons. The molecule has 0 bridgehead atoms. The van der Waals surface area contributed by atoms with Crippen LogP contribution in [0.3, 0.4) is 0 Å². The van der Waals surface area contributed by atoms with Gasteiger partial charge in [0.1, 0.15) is 28.4 Å². The first kappa shape index (κ1) is 18.6. The van der Waals surface area contributed by atoms with Crippen molar-refractivity contribution in [3.63, 3.8) is 0 Å². The highest BCUT2D eigenvalue weighted by atomic mass is 16.5. The molecule has 0 radical (unpaired) electrons.